The van der Waals surface area contributed by atoms with E-state index in [-0.39, 0.29) is 11.6 Å². The number of nitrogens with zero attached hydrogens (tertiary/aromatic N) is 2. The van der Waals surface area contributed by atoms with Crippen LogP contribution in [-0.2, 0) is 5.54 Å². The average molecular weight is 302 g/mol. The minimum atomic E-state index is -0.305. The molecule has 0 saturated heterocycles. The molecule has 0 unspecified atom stereocenters. The highest BCUT2D eigenvalue weighted by atomic mass is 32.1. The molecule has 0 bridgehead atoms. The third-order valence-electron chi connectivity index (χ3n) is 3.81. The second-order valence-corrected chi connectivity index (χ2v) is 6.29. The third-order valence-corrected chi connectivity index (χ3v) is 4.78. The molecule has 5 nitrogen and oxygen atoms in total. The highest BCUT2D eigenvalue weighted by Gasteiger charge is 2.39. The van der Waals surface area contributed by atoms with Crippen molar-refractivity contribution in [1.29, 1.82) is 0 Å². The summed E-state index contributed by atoms with van der Waals surface area (Å²) >= 11 is 1.61. The summed E-state index contributed by atoms with van der Waals surface area (Å²) in [5, 5.41) is 8.98. The first kappa shape index (κ1) is 14.0. The van der Waals surface area contributed by atoms with Crippen LogP contribution in [-0.4, -0.2) is 16.0 Å². The lowest BCUT2D eigenvalue weighted by molar-refractivity contribution is 0.236. The van der Waals surface area contributed by atoms with Crippen molar-refractivity contribution < 1.29 is 4.79 Å². The van der Waals surface area contributed by atoms with Gasteiger partial charge in [0.1, 0.15) is 5.01 Å². The van der Waals surface area contributed by atoms with Gasteiger partial charge < -0.3 is 10.6 Å². The first-order valence-corrected chi connectivity index (χ1v) is 7.98. The van der Waals surface area contributed by atoms with Gasteiger partial charge in [0, 0.05) is 29.2 Å². The van der Waals surface area contributed by atoms with Crippen LogP contribution in [0.2, 0.25) is 0 Å². The van der Waals surface area contributed by atoms with Crippen molar-refractivity contribution in [2.45, 2.75) is 38.1 Å². The van der Waals surface area contributed by atoms with E-state index < -0.39 is 0 Å². The monoisotopic (exact) mass is 302 g/mol. The number of thiazole rings is 1. The number of carbonyl (C=O) groups excluding carboxylic acids is 1. The summed E-state index contributed by atoms with van der Waals surface area (Å²) in [4.78, 5) is 20.8. The maximum absolute atomic E-state index is 12.3. The Morgan fingerprint density at radius 3 is 2.76 bits per heavy atom. The fourth-order valence-corrected chi connectivity index (χ4v) is 3.69. The van der Waals surface area contributed by atoms with Gasteiger partial charge in [-0.2, -0.15) is 0 Å². The van der Waals surface area contributed by atoms with Gasteiger partial charge in [-0.05, 0) is 31.9 Å². The van der Waals surface area contributed by atoms with Gasteiger partial charge in [-0.25, -0.2) is 9.78 Å². The quantitative estimate of drug-likeness (QED) is 0.912. The minimum Gasteiger partial charge on any atom is -0.326 e. The first-order chi connectivity index (χ1) is 10.2. The summed E-state index contributed by atoms with van der Waals surface area (Å²) < 4.78 is 0. The molecule has 0 spiro atoms. The average Bonchev–Trinajstić information content (AvgIpc) is 3.09. The van der Waals surface area contributed by atoms with Gasteiger partial charge in [-0.3, -0.25) is 4.98 Å². The lowest BCUT2D eigenvalue weighted by atomic mass is 9.99. The van der Waals surface area contributed by atoms with Crippen molar-refractivity contribution in [3.05, 3.63) is 40.6 Å². The molecule has 2 amide bonds. The van der Waals surface area contributed by atoms with Crippen molar-refractivity contribution in [1.82, 2.24) is 15.3 Å². The van der Waals surface area contributed by atoms with E-state index in [0.717, 1.165) is 42.1 Å². The van der Waals surface area contributed by atoms with Gasteiger partial charge in [-0.15, -0.1) is 11.3 Å². The summed E-state index contributed by atoms with van der Waals surface area (Å²) in [6, 6.07) is 3.46. The number of aromatic nitrogens is 2. The zero-order valence-corrected chi connectivity index (χ0v) is 12.7. The zero-order chi connectivity index (χ0) is 14.7. The van der Waals surface area contributed by atoms with Crippen LogP contribution in [0.4, 0.5) is 10.5 Å². The van der Waals surface area contributed by atoms with Crippen LogP contribution < -0.4 is 10.6 Å². The molecule has 1 fully saturated rings. The highest BCUT2D eigenvalue weighted by Crippen LogP contribution is 2.39. The fourth-order valence-electron chi connectivity index (χ4n) is 2.83. The maximum Gasteiger partial charge on any atom is 0.320 e. The molecule has 2 aromatic rings. The van der Waals surface area contributed by atoms with Crippen molar-refractivity contribution in [3.63, 3.8) is 0 Å². The summed E-state index contributed by atoms with van der Waals surface area (Å²) in [7, 11) is 0. The fraction of sp³-hybridized carbons (Fsp3) is 0.400. The number of hydrogen-bond donors (Lipinski definition) is 2. The normalized spacial score (nSPS) is 16.6. The largest absolute Gasteiger partial charge is 0.326 e. The van der Waals surface area contributed by atoms with E-state index in [0.29, 0.717) is 0 Å². The molecule has 3 rings (SSSR count). The van der Waals surface area contributed by atoms with Crippen molar-refractivity contribution in [3.8, 4) is 0 Å². The van der Waals surface area contributed by atoms with E-state index in [1.807, 2.05) is 18.4 Å². The van der Waals surface area contributed by atoms with Crippen LogP contribution in [0.25, 0.3) is 0 Å². The first-order valence-electron chi connectivity index (χ1n) is 7.10. The van der Waals surface area contributed by atoms with Crippen LogP contribution in [0.15, 0.2) is 29.9 Å². The molecule has 1 aliphatic rings. The van der Waals surface area contributed by atoms with E-state index >= 15 is 0 Å². The van der Waals surface area contributed by atoms with E-state index in [1.54, 1.807) is 29.8 Å². The second kappa shape index (κ2) is 5.81. The van der Waals surface area contributed by atoms with E-state index in [9.17, 15) is 4.79 Å². The lowest BCUT2D eigenvalue weighted by Gasteiger charge is -2.28. The topological polar surface area (TPSA) is 66.9 Å². The van der Waals surface area contributed by atoms with Crippen LogP contribution in [0.1, 0.15) is 36.4 Å². The molecule has 2 heterocycles. The molecule has 0 aliphatic heterocycles. The van der Waals surface area contributed by atoms with Crippen molar-refractivity contribution in [2.24, 2.45) is 0 Å². The van der Waals surface area contributed by atoms with Gasteiger partial charge in [0.15, 0.2) is 0 Å². The molecular formula is C15H18N4OS. The minimum absolute atomic E-state index is 0.183. The van der Waals surface area contributed by atoms with E-state index in [1.165, 1.54) is 0 Å². The van der Waals surface area contributed by atoms with Crippen LogP contribution in [0, 0.1) is 6.92 Å². The van der Waals surface area contributed by atoms with Gasteiger partial charge in [0.2, 0.25) is 0 Å². The van der Waals surface area contributed by atoms with Crippen molar-refractivity contribution in [2.75, 3.05) is 5.32 Å². The molecule has 6 heteroatoms. The van der Waals surface area contributed by atoms with Gasteiger partial charge in [0.25, 0.3) is 0 Å². The molecule has 1 aliphatic carbocycles. The number of amides is 2. The Kier molecular flexibility index (Phi) is 3.88. The van der Waals surface area contributed by atoms with Crippen LogP contribution >= 0.6 is 11.3 Å². The molecule has 2 aromatic heterocycles. The number of rotatable bonds is 3. The smallest absolute Gasteiger partial charge is 0.320 e. The molecule has 1 saturated carbocycles. The Hall–Kier alpha value is -1.95. The van der Waals surface area contributed by atoms with Gasteiger partial charge >= 0.3 is 6.03 Å². The number of aryl methyl sites for hydroxylation is 1. The molecule has 21 heavy (non-hydrogen) atoms. The van der Waals surface area contributed by atoms with Crippen LogP contribution in [0.3, 0.4) is 0 Å². The summed E-state index contributed by atoms with van der Waals surface area (Å²) in [5.74, 6) is 0. The van der Waals surface area contributed by atoms with Crippen LogP contribution in [0.5, 0.6) is 0 Å². The second-order valence-electron chi connectivity index (χ2n) is 5.39. The number of anilines is 1. The molecule has 0 radical (unpaired) electrons. The number of hydrogen-bond acceptors (Lipinski definition) is 4. The number of pyridine rings is 1. The van der Waals surface area contributed by atoms with E-state index in [2.05, 4.69) is 20.6 Å². The van der Waals surface area contributed by atoms with E-state index in [4.69, 9.17) is 0 Å². The van der Waals surface area contributed by atoms with Gasteiger partial charge in [0.05, 0.1) is 5.54 Å². The summed E-state index contributed by atoms with van der Waals surface area (Å²) in [5.41, 5.74) is 1.33. The van der Waals surface area contributed by atoms with Crippen molar-refractivity contribution >= 4 is 23.1 Å². The number of urea groups is 1. The molecule has 0 aromatic carbocycles. The zero-order valence-electron chi connectivity index (χ0n) is 11.9. The Bertz CT molecular complexity index is 620. The molecule has 110 valence electrons. The summed E-state index contributed by atoms with van der Waals surface area (Å²) in [6.07, 6.45) is 7.62. The Morgan fingerprint density at radius 2 is 2.10 bits per heavy atom. The molecule has 2 N–H and O–H groups in total. The predicted octanol–water partition coefficient (Wildman–Crippen LogP) is 3.44. The lowest BCUT2D eigenvalue weighted by Crippen LogP contribution is -2.45. The summed E-state index contributed by atoms with van der Waals surface area (Å²) in [6.45, 7) is 1.90. The Labute approximate surface area is 127 Å². The standard InChI is InChI=1S/C15H18N4OS/c1-11-10-12(4-7-16-11)18-14(20)19-15(5-2-3-6-15)13-17-8-9-21-13/h4,7-10H,2-3,5-6H2,1H3,(H2,16,18,19,20). The highest BCUT2D eigenvalue weighted by molar-refractivity contribution is 7.09. The SMILES string of the molecule is Cc1cc(NC(=O)NC2(c3nccs3)CCCC2)ccn1. The van der Waals surface area contributed by atoms with Gasteiger partial charge in [-0.1, -0.05) is 12.8 Å². The maximum atomic E-state index is 12.3. The molecule has 0 atom stereocenters. The Balaban J connectivity index is 1.73. The number of carbonyl (C=O) groups is 1. The molecular weight excluding hydrogens is 284 g/mol. The Morgan fingerprint density at radius 1 is 1.29 bits per heavy atom. The predicted molar refractivity (Wildman–Crippen MR) is 83.4 cm³/mol. The number of nitrogens with one attached hydrogen (secondary N) is 2. The third kappa shape index (κ3) is 3.05.